The Bertz CT molecular complexity index is 986. The van der Waals surface area contributed by atoms with Crippen LogP contribution >= 0.6 is 0 Å². The third kappa shape index (κ3) is 2.57. The van der Waals surface area contributed by atoms with Crippen molar-refractivity contribution >= 4 is 17.0 Å². The van der Waals surface area contributed by atoms with E-state index in [4.69, 9.17) is 14.8 Å². The number of rotatable bonds is 4. The van der Waals surface area contributed by atoms with Gasteiger partial charge in [0.25, 0.3) is 0 Å². The Morgan fingerprint density at radius 2 is 1.96 bits per heavy atom. The summed E-state index contributed by atoms with van der Waals surface area (Å²) >= 11 is 0. The van der Waals surface area contributed by atoms with Crippen molar-refractivity contribution in [3.8, 4) is 11.3 Å². The fourth-order valence-electron chi connectivity index (χ4n) is 3.70. The van der Waals surface area contributed by atoms with Crippen LogP contribution in [-0.2, 0) is 9.53 Å². The number of esters is 1. The fourth-order valence-corrected chi connectivity index (χ4v) is 3.70. The number of para-hydroxylation sites is 2. The van der Waals surface area contributed by atoms with E-state index >= 15 is 0 Å². The molecule has 1 aromatic carbocycles. The van der Waals surface area contributed by atoms with Crippen LogP contribution in [-0.4, -0.2) is 32.8 Å². The molecule has 2 aliphatic carbocycles. The van der Waals surface area contributed by atoms with Gasteiger partial charge in [-0.05, 0) is 37.8 Å². The monoisotopic (exact) mass is 348 g/mol. The quantitative estimate of drug-likeness (QED) is 0.675. The van der Waals surface area contributed by atoms with E-state index in [1.807, 2.05) is 35.1 Å². The highest BCUT2D eigenvalue weighted by molar-refractivity contribution is 5.77. The molecule has 6 heteroatoms. The van der Waals surface area contributed by atoms with Gasteiger partial charge in [0.15, 0.2) is 0 Å². The van der Waals surface area contributed by atoms with Crippen LogP contribution in [0.5, 0.6) is 0 Å². The van der Waals surface area contributed by atoms with Crippen LogP contribution in [0.15, 0.2) is 36.7 Å². The highest BCUT2D eigenvalue weighted by atomic mass is 16.5. The van der Waals surface area contributed by atoms with Crippen molar-refractivity contribution in [1.29, 1.82) is 0 Å². The molecule has 2 heterocycles. The standard InChI is InChI=1S/C20H20N4O2/c1-26-20(25)13-8-14(9-13)24-11-15(19(23-24)12-6-7-12)18-10-21-16-4-2-3-5-17(16)22-18/h2-5,10-14H,6-9H2,1H3/t13-,14-. The molecule has 0 N–H and O–H groups in total. The number of fused-ring (bicyclic) bond motifs is 1. The smallest absolute Gasteiger partial charge is 0.308 e. The number of hydrogen-bond donors (Lipinski definition) is 0. The first-order valence-corrected chi connectivity index (χ1v) is 9.12. The van der Waals surface area contributed by atoms with E-state index in [9.17, 15) is 4.79 Å². The second-order valence-corrected chi connectivity index (χ2v) is 7.27. The maximum Gasteiger partial charge on any atom is 0.308 e. The van der Waals surface area contributed by atoms with Gasteiger partial charge < -0.3 is 4.74 Å². The summed E-state index contributed by atoms with van der Waals surface area (Å²) < 4.78 is 6.87. The second-order valence-electron chi connectivity index (χ2n) is 7.27. The first-order chi connectivity index (χ1) is 12.7. The molecule has 0 atom stereocenters. The van der Waals surface area contributed by atoms with Gasteiger partial charge in [0.2, 0.25) is 0 Å². The largest absolute Gasteiger partial charge is 0.469 e. The second kappa shape index (κ2) is 5.90. The van der Waals surface area contributed by atoms with Crippen molar-refractivity contribution in [3.63, 3.8) is 0 Å². The SMILES string of the molecule is COC(=O)[C@H]1C[C@H](n2cc(-c3cnc4ccccc4n3)c(C3CC3)n2)C1. The van der Waals surface area contributed by atoms with Crippen molar-refractivity contribution in [3.05, 3.63) is 42.4 Å². The minimum absolute atomic E-state index is 0.00230. The van der Waals surface area contributed by atoms with Crippen molar-refractivity contribution < 1.29 is 9.53 Å². The van der Waals surface area contributed by atoms with E-state index < -0.39 is 0 Å². The van der Waals surface area contributed by atoms with E-state index in [-0.39, 0.29) is 17.9 Å². The van der Waals surface area contributed by atoms with Crippen LogP contribution in [0, 0.1) is 5.92 Å². The van der Waals surface area contributed by atoms with E-state index in [0.717, 1.165) is 40.8 Å². The number of benzene rings is 1. The van der Waals surface area contributed by atoms with Gasteiger partial charge in [-0.2, -0.15) is 5.10 Å². The third-order valence-electron chi connectivity index (χ3n) is 5.47. The van der Waals surface area contributed by atoms with Gasteiger partial charge in [-0.1, -0.05) is 12.1 Å². The maximum atomic E-state index is 11.6. The molecule has 2 aliphatic rings. The number of hydrogen-bond acceptors (Lipinski definition) is 5. The Balaban J connectivity index is 1.48. The summed E-state index contributed by atoms with van der Waals surface area (Å²) in [6.45, 7) is 0. The summed E-state index contributed by atoms with van der Waals surface area (Å²) in [6, 6.07) is 8.17. The lowest BCUT2D eigenvalue weighted by molar-refractivity contribution is -0.149. The number of methoxy groups -OCH3 is 1. The first-order valence-electron chi connectivity index (χ1n) is 9.12. The Kier molecular flexibility index (Phi) is 3.51. The lowest BCUT2D eigenvalue weighted by Crippen LogP contribution is -2.33. The predicted molar refractivity (Wildman–Crippen MR) is 96.5 cm³/mol. The Morgan fingerprint density at radius 3 is 2.69 bits per heavy atom. The summed E-state index contributed by atoms with van der Waals surface area (Å²) in [7, 11) is 1.45. The molecule has 0 aliphatic heterocycles. The zero-order chi connectivity index (χ0) is 17.7. The Hall–Kier alpha value is -2.76. The highest BCUT2D eigenvalue weighted by Gasteiger charge is 2.38. The van der Waals surface area contributed by atoms with Crippen molar-refractivity contribution in [1.82, 2.24) is 19.7 Å². The molecule has 2 saturated carbocycles. The Labute approximate surface area is 151 Å². The first kappa shape index (κ1) is 15.5. The molecule has 0 spiro atoms. The van der Waals surface area contributed by atoms with Crippen molar-refractivity contribution in [2.24, 2.45) is 5.92 Å². The minimum Gasteiger partial charge on any atom is -0.469 e. The van der Waals surface area contributed by atoms with Gasteiger partial charge >= 0.3 is 5.97 Å². The van der Waals surface area contributed by atoms with Crippen LogP contribution in [0.3, 0.4) is 0 Å². The molecule has 132 valence electrons. The summed E-state index contributed by atoms with van der Waals surface area (Å²) in [6.07, 6.45) is 7.88. The molecular weight excluding hydrogens is 328 g/mol. The van der Waals surface area contributed by atoms with Gasteiger partial charge in [0.1, 0.15) is 0 Å². The molecular formula is C20H20N4O2. The van der Waals surface area contributed by atoms with Crippen LogP contribution in [0.1, 0.15) is 43.3 Å². The number of ether oxygens (including phenoxy) is 1. The molecule has 3 aromatic rings. The van der Waals surface area contributed by atoms with Crippen LogP contribution < -0.4 is 0 Å². The van der Waals surface area contributed by atoms with E-state index in [1.165, 1.54) is 20.0 Å². The van der Waals surface area contributed by atoms with Gasteiger partial charge in [0, 0.05) is 17.7 Å². The van der Waals surface area contributed by atoms with E-state index in [2.05, 4.69) is 11.2 Å². The molecule has 5 rings (SSSR count). The number of aromatic nitrogens is 4. The molecule has 0 bridgehead atoms. The zero-order valence-electron chi connectivity index (χ0n) is 14.6. The molecule has 2 fully saturated rings. The average Bonchev–Trinajstić information content (AvgIpc) is 3.39. The summed E-state index contributed by atoms with van der Waals surface area (Å²) in [5.74, 6) is 0.412. The number of carbonyl (C=O) groups is 1. The van der Waals surface area contributed by atoms with Gasteiger partial charge in [-0.25, -0.2) is 4.98 Å². The normalized spacial score (nSPS) is 22.2. The summed E-state index contributed by atoms with van der Waals surface area (Å²) in [4.78, 5) is 21.0. The minimum atomic E-state index is -0.114. The number of nitrogens with zero attached hydrogens (tertiary/aromatic N) is 4. The predicted octanol–water partition coefficient (Wildman–Crippen LogP) is 3.49. The average molecular weight is 348 g/mol. The number of carbonyl (C=O) groups excluding carboxylic acids is 1. The van der Waals surface area contributed by atoms with Gasteiger partial charge in [-0.3, -0.25) is 14.5 Å². The summed E-state index contributed by atoms with van der Waals surface area (Å²) in [5, 5.41) is 4.87. The fraction of sp³-hybridized carbons (Fsp3) is 0.400. The lowest BCUT2D eigenvalue weighted by Gasteiger charge is -2.33. The highest BCUT2D eigenvalue weighted by Crippen LogP contribution is 2.45. The molecule has 0 unspecified atom stereocenters. The van der Waals surface area contributed by atoms with Crippen molar-refractivity contribution in [2.45, 2.75) is 37.6 Å². The molecule has 0 saturated heterocycles. The maximum absolute atomic E-state index is 11.6. The zero-order valence-corrected chi connectivity index (χ0v) is 14.6. The van der Waals surface area contributed by atoms with E-state index in [1.54, 1.807) is 0 Å². The lowest BCUT2D eigenvalue weighted by atomic mass is 9.80. The van der Waals surface area contributed by atoms with E-state index in [0.29, 0.717) is 5.92 Å². The van der Waals surface area contributed by atoms with Crippen LogP contribution in [0.2, 0.25) is 0 Å². The van der Waals surface area contributed by atoms with Crippen molar-refractivity contribution in [2.75, 3.05) is 7.11 Å². The molecule has 0 radical (unpaired) electrons. The molecule has 6 nitrogen and oxygen atoms in total. The van der Waals surface area contributed by atoms with Gasteiger partial charge in [-0.15, -0.1) is 0 Å². The molecule has 0 amide bonds. The van der Waals surface area contributed by atoms with Crippen LogP contribution in [0.4, 0.5) is 0 Å². The van der Waals surface area contributed by atoms with Gasteiger partial charge in [0.05, 0.1) is 47.7 Å². The van der Waals surface area contributed by atoms with Crippen LogP contribution in [0.25, 0.3) is 22.3 Å². The topological polar surface area (TPSA) is 69.9 Å². The molecule has 26 heavy (non-hydrogen) atoms. The Morgan fingerprint density at radius 1 is 1.19 bits per heavy atom. The third-order valence-corrected chi connectivity index (χ3v) is 5.47. The summed E-state index contributed by atoms with van der Waals surface area (Å²) in [5.41, 5.74) is 4.87. The molecule has 2 aromatic heterocycles.